The van der Waals surface area contributed by atoms with Crippen LogP contribution >= 0.6 is 0 Å². The number of alkyl halides is 5. The van der Waals surface area contributed by atoms with Gasteiger partial charge in [-0.15, -0.1) is 0 Å². The van der Waals surface area contributed by atoms with E-state index in [1.807, 2.05) is 0 Å². The summed E-state index contributed by atoms with van der Waals surface area (Å²) in [7, 11) is 0. The number of nitrogens with zero attached hydrogens (tertiary/aromatic N) is 1. The van der Waals surface area contributed by atoms with E-state index in [1.54, 1.807) is 0 Å². The third-order valence-electron chi connectivity index (χ3n) is 2.20. The van der Waals surface area contributed by atoms with Gasteiger partial charge in [0.15, 0.2) is 16.8 Å². The fourth-order valence-electron chi connectivity index (χ4n) is 1.36. The molecular weight excluding hydrogens is 293 g/mol. The number of rotatable bonds is 2. The first-order valence-electron chi connectivity index (χ1n) is 4.88. The molecule has 1 heterocycles. The molecule has 0 saturated heterocycles. The number of fused-ring (bicyclic) bond motifs is 1. The minimum absolute atomic E-state index is 0.456. The first-order valence-corrected chi connectivity index (χ1v) is 4.88. The van der Waals surface area contributed by atoms with Crippen LogP contribution in [0.5, 0.6) is 5.75 Å². The molecule has 1 aromatic carbocycles. The van der Waals surface area contributed by atoms with Crippen molar-refractivity contribution in [3.05, 3.63) is 24.1 Å². The Morgan fingerprint density at radius 2 is 1.90 bits per heavy atom. The third-order valence-corrected chi connectivity index (χ3v) is 2.20. The number of ether oxygens (including phenoxy) is 1. The third kappa shape index (κ3) is 2.24. The van der Waals surface area contributed by atoms with Crippen LogP contribution in [-0.2, 0) is 5.92 Å². The predicted octanol–water partition coefficient (Wildman–Crippen LogP) is 3.54. The van der Waals surface area contributed by atoms with Crippen molar-refractivity contribution in [1.82, 2.24) is 4.98 Å². The number of hydrogen-bond acceptors (Lipinski definition) is 4. The predicted molar refractivity (Wildman–Crippen MR) is 52.6 cm³/mol. The highest BCUT2D eigenvalue weighted by Crippen LogP contribution is 2.44. The lowest BCUT2D eigenvalue weighted by Gasteiger charge is -2.15. The van der Waals surface area contributed by atoms with Crippen LogP contribution in [-0.4, -0.2) is 22.4 Å². The van der Waals surface area contributed by atoms with Gasteiger partial charge < -0.3 is 14.3 Å². The van der Waals surface area contributed by atoms with Gasteiger partial charge in [-0.05, 0) is 12.1 Å². The molecule has 108 valence electrons. The SMILES string of the molecule is O=C(O)Oc1cccc2oc(C(F)(F)C(F)(F)F)nc12. The molecule has 2 rings (SSSR count). The van der Waals surface area contributed by atoms with Crippen molar-refractivity contribution >= 4 is 17.3 Å². The van der Waals surface area contributed by atoms with Gasteiger partial charge in [0.2, 0.25) is 0 Å². The van der Waals surface area contributed by atoms with Crippen LogP contribution in [0.2, 0.25) is 0 Å². The lowest BCUT2D eigenvalue weighted by atomic mass is 10.3. The summed E-state index contributed by atoms with van der Waals surface area (Å²) in [5, 5.41) is 8.41. The molecule has 0 atom stereocenters. The lowest BCUT2D eigenvalue weighted by molar-refractivity contribution is -0.297. The molecule has 0 amide bonds. The first kappa shape index (κ1) is 14.0. The number of carboxylic acid groups (broad SMARTS) is 1. The fraction of sp³-hybridized carbons (Fsp3) is 0.200. The second-order valence-electron chi connectivity index (χ2n) is 3.56. The number of aromatic nitrogens is 1. The average Bonchev–Trinajstić information content (AvgIpc) is 2.72. The summed E-state index contributed by atoms with van der Waals surface area (Å²) >= 11 is 0. The summed E-state index contributed by atoms with van der Waals surface area (Å²) < 4.78 is 71.2. The van der Waals surface area contributed by atoms with Gasteiger partial charge in [0.05, 0.1) is 0 Å². The topological polar surface area (TPSA) is 72.6 Å². The van der Waals surface area contributed by atoms with Crippen molar-refractivity contribution in [2.75, 3.05) is 0 Å². The number of benzene rings is 1. The summed E-state index contributed by atoms with van der Waals surface area (Å²) in [5.41, 5.74) is -1.00. The van der Waals surface area contributed by atoms with Gasteiger partial charge in [-0.1, -0.05) is 6.07 Å². The number of hydrogen-bond donors (Lipinski definition) is 1. The lowest BCUT2D eigenvalue weighted by Crippen LogP contribution is -2.33. The fourth-order valence-corrected chi connectivity index (χ4v) is 1.36. The molecule has 0 spiro atoms. The molecule has 0 aliphatic carbocycles. The standard InChI is InChI=1S/C10H4F5NO4/c11-9(12,10(13,14)15)7-16-6-4(19-7)2-1-3-5(6)20-8(17)18/h1-3H,(H,17,18). The number of carbonyl (C=O) groups is 1. The van der Waals surface area contributed by atoms with Crippen molar-refractivity contribution in [2.45, 2.75) is 12.1 Å². The Morgan fingerprint density at radius 3 is 2.45 bits per heavy atom. The van der Waals surface area contributed by atoms with Crippen LogP contribution < -0.4 is 4.74 Å². The second kappa shape index (κ2) is 4.32. The average molecular weight is 297 g/mol. The smallest absolute Gasteiger partial charge is 0.449 e. The van der Waals surface area contributed by atoms with E-state index in [4.69, 9.17) is 5.11 Å². The van der Waals surface area contributed by atoms with Gasteiger partial charge >= 0.3 is 18.3 Å². The Hall–Kier alpha value is -2.39. The van der Waals surface area contributed by atoms with Crippen molar-refractivity contribution in [3.8, 4) is 5.75 Å². The Labute approximate surface area is 106 Å². The largest absolute Gasteiger partial charge is 0.511 e. The van der Waals surface area contributed by atoms with E-state index in [1.165, 1.54) is 0 Å². The summed E-state index contributed by atoms with van der Waals surface area (Å²) in [5.74, 6) is -7.70. The second-order valence-corrected chi connectivity index (χ2v) is 3.56. The van der Waals surface area contributed by atoms with Crippen LogP contribution in [0, 0.1) is 0 Å². The van der Waals surface area contributed by atoms with Gasteiger partial charge in [0, 0.05) is 0 Å². The minimum atomic E-state index is -5.89. The highest BCUT2D eigenvalue weighted by atomic mass is 19.4. The molecule has 10 heteroatoms. The summed E-state index contributed by atoms with van der Waals surface area (Å²) in [4.78, 5) is 13.3. The summed E-state index contributed by atoms with van der Waals surface area (Å²) in [6.07, 6.45) is -7.66. The van der Waals surface area contributed by atoms with Crippen molar-refractivity contribution in [3.63, 3.8) is 0 Å². The van der Waals surface area contributed by atoms with Crippen molar-refractivity contribution in [2.24, 2.45) is 0 Å². The highest BCUT2D eigenvalue weighted by molar-refractivity contribution is 5.82. The van der Waals surface area contributed by atoms with Gasteiger partial charge in [-0.25, -0.2) is 9.78 Å². The highest BCUT2D eigenvalue weighted by Gasteiger charge is 2.62. The van der Waals surface area contributed by atoms with Crippen molar-refractivity contribution < 1.29 is 41.0 Å². The quantitative estimate of drug-likeness (QED) is 0.521. The molecule has 0 aliphatic heterocycles. The summed E-state index contributed by atoms with van der Waals surface area (Å²) in [6.45, 7) is 0. The molecule has 20 heavy (non-hydrogen) atoms. The summed E-state index contributed by atoms with van der Waals surface area (Å²) in [6, 6.07) is 3.24. The van der Waals surface area contributed by atoms with E-state index in [9.17, 15) is 26.7 Å². The molecule has 0 bridgehead atoms. The van der Waals surface area contributed by atoms with Crippen LogP contribution in [0.3, 0.4) is 0 Å². The molecule has 0 radical (unpaired) electrons. The molecule has 5 nitrogen and oxygen atoms in total. The zero-order valence-electron chi connectivity index (χ0n) is 9.24. The zero-order chi connectivity index (χ0) is 15.1. The molecule has 2 aromatic rings. The Morgan fingerprint density at radius 1 is 1.25 bits per heavy atom. The molecule has 0 unspecified atom stereocenters. The molecule has 1 aromatic heterocycles. The van der Waals surface area contributed by atoms with E-state index >= 15 is 0 Å². The first-order chi connectivity index (χ1) is 9.13. The van der Waals surface area contributed by atoms with Crippen LogP contribution in [0.1, 0.15) is 5.89 Å². The molecule has 0 aliphatic rings. The number of halogens is 5. The van der Waals surface area contributed by atoms with E-state index in [0.717, 1.165) is 18.2 Å². The van der Waals surface area contributed by atoms with Crippen LogP contribution in [0.15, 0.2) is 22.6 Å². The number of oxazole rings is 1. The van der Waals surface area contributed by atoms with E-state index in [0.29, 0.717) is 0 Å². The van der Waals surface area contributed by atoms with Crippen LogP contribution in [0.25, 0.3) is 11.1 Å². The minimum Gasteiger partial charge on any atom is -0.449 e. The van der Waals surface area contributed by atoms with Gasteiger partial charge in [-0.3, -0.25) is 0 Å². The van der Waals surface area contributed by atoms with Crippen molar-refractivity contribution in [1.29, 1.82) is 0 Å². The van der Waals surface area contributed by atoms with Gasteiger partial charge in [0.1, 0.15) is 0 Å². The zero-order valence-corrected chi connectivity index (χ0v) is 9.24. The van der Waals surface area contributed by atoms with Gasteiger partial charge in [0.25, 0.3) is 5.89 Å². The monoisotopic (exact) mass is 297 g/mol. The maximum atomic E-state index is 13.1. The Bertz CT molecular complexity index is 663. The Kier molecular flexibility index (Phi) is 3.03. The molecular formula is C10H4F5NO4. The normalized spacial score (nSPS) is 12.7. The van der Waals surface area contributed by atoms with Crippen LogP contribution in [0.4, 0.5) is 26.7 Å². The Balaban J connectivity index is 2.57. The maximum absolute atomic E-state index is 13.1. The molecule has 1 N–H and O–H groups in total. The molecule has 0 saturated carbocycles. The number of para-hydroxylation sites is 1. The van der Waals surface area contributed by atoms with E-state index in [-0.39, 0.29) is 0 Å². The van der Waals surface area contributed by atoms with E-state index in [2.05, 4.69) is 14.1 Å². The van der Waals surface area contributed by atoms with E-state index < -0.39 is 41.0 Å². The maximum Gasteiger partial charge on any atom is 0.511 e. The molecule has 0 fully saturated rings. The van der Waals surface area contributed by atoms with Gasteiger partial charge in [-0.2, -0.15) is 22.0 Å².